The molecule has 0 aliphatic heterocycles. The highest BCUT2D eigenvalue weighted by atomic mass is 32.2. The number of aryl methyl sites for hydroxylation is 2. The monoisotopic (exact) mass is 544 g/mol. The molecule has 2 aromatic carbocycles. The predicted molar refractivity (Wildman–Crippen MR) is 144 cm³/mol. The summed E-state index contributed by atoms with van der Waals surface area (Å²) in [7, 11) is 2.06. The first kappa shape index (κ1) is 27.9. The number of hydrogen-bond donors (Lipinski definition) is 0. The zero-order chi connectivity index (χ0) is 26.3. The lowest BCUT2D eigenvalue weighted by Gasteiger charge is -2.24. The molecule has 0 radical (unpaired) electrons. The number of rotatable bonds is 13. The van der Waals surface area contributed by atoms with E-state index in [2.05, 4.69) is 12.1 Å². The zero-order valence-electron chi connectivity index (χ0n) is 21.8. The molecule has 0 saturated heterocycles. The molecule has 2 aromatic rings. The molecule has 0 aromatic heterocycles. The van der Waals surface area contributed by atoms with E-state index in [9.17, 15) is 9.59 Å². The highest BCUT2D eigenvalue weighted by Gasteiger charge is 2.37. The Bertz CT molecular complexity index is 1070. The van der Waals surface area contributed by atoms with Crippen LogP contribution in [0.2, 0.25) is 6.04 Å². The van der Waals surface area contributed by atoms with Gasteiger partial charge in [-0.15, -0.1) is 11.8 Å². The topological polar surface area (TPSA) is 80.3 Å². The largest absolute Gasteiger partial charge is 0.500 e. The number of thioether (sulfide) groups is 1. The van der Waals surface area contributed by atoms with Crippen LogP contribution in [0.25, 0.3) is 0 Å². The number of ether oxygens (including phenoxy) is 2. The van der Waals surface area contributed by atoms with Crippen LogP contribution >= 0.6 is 11.8 Å². The minimum absolute atomic E-state index is 0.0298. The molecular formula is C28H36O7SSi. The van der Waals surface area contributed by atoms with E-state index in [1.54, 1.807) is 21.3 Å². The third-order valence-electron chi connectivity index (χ3n) is 7.18. The third kappa shape index (κ3) is 6.83. The lowest BCUT2D eigenvalue weighted by atomic mass is 10.1. The number of carbonyl (C=O) groups excluding carboxylic acids is 2. The van der Waals surface area contributed by atoms with Crippen molar-refractivity contribution in [3.8, 4) is 0 Å². The van der Waals surface area contributed by atoms with Crippen LogP contribution in [0.5, 0.6) is 0 Å². The van der Waals surface area contributed by atoms with Crippen molar-refractivity contribution in [2.75, 3.05) is 27.1 Å². The summed E-state index contributed by atoms with van der Waals surface area (Å²) in [6.45, 7) is 0. The first-order chi connectivity index (χ1) is 18.0. The minimum Gasteiger partial charge on any atom is -0.457 e. The second-order valence-electron chi connectivity index (χ2n) is 9.34. The second kappa shape index (κ2) is 13.1. The van der Waals surface area contributed by atoms with Crippen molar-refractivity contribution in [3.63, 3.8) is 0 Å². The van der Waals surface area contributed by atoms with Gasteiger partial charge in [-0.2, -0.15) is 0 Å². The van der Waals surface area contributed by atoms with E-state index in [0.717, 1.165) is 36.8 Å². The molecule has 0 bridgehead atoms. The lowest BCUT2D eigenvalue weighted by molar-refractivity contribution is -0.155. The summed E-state index contributed by atoms with van der Waals surface area (Å²) >= 11 is 1.42. The smallest absolute Gasteiger partial charge is 0.457 e. The number of fused-ring (bicyclic) bond motifs is 2. The Kier molecular flexibility index (Phi) is 9.83. The van der Waals surface area contributed by atoms with E-state index in [1.807, 2.05) is 36.4 Å². The van der Waals surface area contributed by atoms with Crippen molar-refractivity contribution < 1.29 is 32.3 Å². The van der Waals surface area contributed by atoms with Crippen molar-refractivity contribution >= 4 is 32.5 Å². The van der Waals surface area contributed by atoms with Crippen LogP contribution < -0.4 is 0 Å². The van der Waals surface area contributed by atoms with Crippen LogP contribution in [0.1, 0.15) is 60.1 Å². The molecule has 0 fully saturated rings. The van der Waals surface area contributed by atoms with Crippen LogP contribution in [0.3, 0.4) is 0 Å². The van der Waals surface area contributed by atoms with E-state index in [1.165, 1.54) is 22.9 Å². The Labute approximate surface area is 224 Å². The Morgan fingerprint density at radius 3 is 1.97 bits per heavy atom. The molecule has 9 heteroatoms. The average molecular weight is 545 g/mol. The van der Waals surface area contributed by atoms with E-state index < -0.39 is 14.1 Å². The van der Waals surface area contributed by atoms with Gasteiger partial charge >= 0.3 is 20.7 Å². The molecule has 3 unspecified atom stereocenters. The highest BCUT2D eigenvalue weighted by molar-refractivity contribution is 8.00. The summed E-state index contributed by atoms with van der Waals surface area (Å²) in [5.41, 5.74) is 4.54. The van der Waals surface area contributed by atoms with Crippen molar-refractivity contribution in [2.24, 2.45) is 0 Å². The maximum atomic E-state index is 13.3. The molecule has 0 amide bonds. The van der Waals surface area contributed by atoms with E-state index in [0.29, 0.717) is 18.2 Å². The fourth-order valence-electron chi connectivity index (χ4n) is 5.14. The van der Waals surface area contributed by atoms with Gasteiger partial charge in [0.2, 0.25) is 0 Å². The molecule has 3 atom stereocenters. The molecule has 0 N–H and O–H groups in total. The molecule has 7 nitrogen and oxygen atoms in total. The van der Waals surface area contributed by atoms with Gasteiger partial charge in [0, 0.05) is 27.4 Å². The molecule has 0 saturated carbocycles. The Balaban J connectivity index is 1.38. The maximum absolute atomic E-state index is 13.3. The number of hydrogen-bond acceptors (Lipinski definition) is 8. The van der Waals surface area contributed by atoms with E-state index >= 15 is 0 Å². The first-order valence-corrected chi connectivity index (χ1v) is 15.8. The second-order valence-corrected chi connectivity index (χ2v) is 13.7. The standard InChI is InChI=1S/C28H36O7SSi/c1-31-37(32-2,33-3)18-8-17-36-26(28(30)35-25-16-14-21-10-5-7-12-23(21)25)19-27(29)34-24-15-13-20-9-4-6-11-22(20)24/h4-7,9-12,24-26H,8,13-19H2,1-3H3. The summed E-state index contributed by atoms with van der Waals surface area (Å²) < 4.78 is 28.3. The first-order valence-electron chi connectivity index (χ1n) is 12.8. The molecular weight excluding hydrogens is 508 g/mol. The number of carbonyl (C=O) groups is 2. The lowest BCUT2D eigenvalue weighted by Crippen LogP contribution is -2.42. The van der Waals surface area contributed by atoms with Crippen LogP contribution in [-0.4, -0.2) is 53.1 Å². The summed E-state index contributed by atoms with van der Waals surface area (Å²) in [6, 6.07) is 16.7. The molecule has 0 spiro atoms. The van der Waals surface area contributed by atoms with Gasteiger partial charge in [-0.25, -0.2) is 0 Å². The van der Waals surface area contributed by atoms with E-state index in [-0.39, 0.29) is 30.6 Å². The summed E-state index contributed by atoms with van der Waals surface area (Å²) in [4.78, 5) is 26.3. The molecule has 2 aliphatic rings. The summed E-state index contributed by atoms with van der Waals surface area (Å²) in [5, 5.41) is -0.652. The van der Waals surface area contributed by atoms with Crippen LogP contribution in [0.4, 0.5) is 0 Å². The van der Waals surface area contributed by atoms with Crippen molar-refractivity contribution in [1.82, 2.24) is 0 Å². The Morgan fingerprint density at radius 1 is 0.865 bits per heavy atom. The SMILES string of the molecule is CO[Si](CCCSC(CC(=O)OC1CCc2ccccc21)C(=O)OC1CCc2ccccc21)(OC)OC. The molecule has 2 aliphatic carbocycles. The van der Waals surface area contributed by atoms with Gasteiger partial charge < -0.3 is 22.8 Å². The highest BCUT2D eigenvalue weighted by Crippen LogP contribution is 2.36. The Hall–Kier alpha value is -2.17. The quantitative estimate of drug-likeness (QED) is 0.193. The van der Waals surface area contributed by atoms with Crippen molar-refractivity contribution in [3.05, 3.63) is 70.8 Å². The van der Waals surface area contributed by atoms with Gasteiger partial charge in [0.05, 0.1) is 6.42 Å². The maximum Gasteiger partial charge on any atom is 0.500 e. The minimum atomic E-state index is -2.70. The average Bonchev–Trinajstić information content (AvgIpc) is 3.52. The van der Waals surface area contributed by atoms with Gasteiger partial charge in [0.1, 0.15) is 17.5 Å². The number of benzene rings is 2. The predicted octanol–water partition coefficient (Wildman–Crippen LogP) is 5.21. The van der Waals surface area contributed by atoms with Gasteiger partial charge in [-0.3, -0.25) is 9.59 Å². The van der Waals surface area contributed by atoms with Crippen molar-refractivity contribution in [1.29, 1.82) is 0 Å². The van der Waals surface area contributed by atoms with Crippen molar-refractivity contribution in [2.45, 2.75) is 62.0 Å². The molecule has 0 heterocycles. The fraction of sp³-hybridized carbons (Fsp3) is 0.500. The van der Waals surface area contributed by atoms with Gasteiger partial charge in [-0.05, 0) is 60.1 Å². The summed E-state index contributed by atoms with van der Waals surface area (Å²) in [5.74, 6) is -0.118. The number of esters is 2. The third-order valence-corrected chi connectivity index (χ3v) is 11.3. The zero-order valence-corrected chi connectivity index (χ0v) is 23.6. The van der Waals surface area contributed by atoms with Gasteiger partial charge in [0.15, 0.2) is 0 Å². The van der Waals surface area contributed by atoms with Crippen LogP contribution in [-0.2, 0) is 45.2 Å². The van der Waals surface area contributed by atoms with E-state index in [4.69, 9.17) is 22.8 Å². The molecule has 200 valence electrons. The van der Waals surface area contributed by atoms with Gasteiger partial charge in [-0.1, -0.05) is 48.5 Å². The normalized spacial score (nSPS) is 19.2. The van der Waals surface area contributed by atoms with Crippen LogP contribution in [0.15, 0.2) is 48.5 Å². The fourth-order valence-corrected chi connectivity index (χ4v) is 8.16. The molecule has 4 rings (SSSR count). The Morgan fingerprint density at radius 2 is 1.41 bits per heavy atom. The molecule has 37 heavy (non-hydrogen) atoms. The summed E-state index contributed by atoms with van der Waals surface area (Å²) in [6.07, 6.45) is 3.45. The van der Waals surface area contributed by atoms with Crippen LogP contribution in [0, 0.1) is 0 Å². The van der Waals surface area contributed by atoms with Gasteiger partial charge in [0.25, 0.3) is 0 Å².